The molecule has 0 aliphatic heterocycles. The monoisotopic (exact) mass is 261 g/mol. The number of rotatable bonds is 2. The van der Waals surface area contributed by atoms with Crippen molar-refractivity contribution < 1.29 is 5.11 Å². The summed E-state index contributed by atoms with van der Waals surface area (Å²) in [5.74, 6) is 0.858. The molecule has 2 nitrogen and oxygen atoms in total. The summed E-state index contributed by atoms with van der Waals surface area (Å²) >= 11 is 0. The second-order valence-electron chi connectivity index (χ2n) is 4.65. The standard InChI is InChI=1S/C15H15NO.ClH/c16-14-9-13(14)11-7-5-10(6-8-11)12-3-1-2-4-15(12)17;/h1-8,13-14,17H,9,16H2;1H. The number of para-hydroxylation sites is 1. The fourth-order valence-electron chi connectivity index (χ4n) is 2.23. The van der Waals surface area contributed by atoms with Gasteiger partial charge in [0.05, 0.1) is 0 Å². The first-order valence-electron chi connectivity index (χ1n) is 5.89. The second kappa shape index (κ2) is 5.01. The van der Waals surface area contributed by atoms with Crippen LogP contribution >= 0.6 is 12.4 Å². The Morgan fingerprint density at radius 2 is 1.61 bits per heavy atom. The van der Waals surface area contributed by atoms with Crippen molar-refractivity contribution in [1.82, 2.24) is 0 Å². The highest BCUT2D eigenvalue weighted by atomic mass is 35.5. The van der Waals surface area contributed by atoms with Gasteiger partial charge in [0, 0.05) is 17.5 Å². The smallest absolute Gasteiger partial charge is 0.123 e. The molecule has 2 atom stereocenters. The Balaban J connectivity index is 0.00000120. The van der Waals surface area contributed by atoms with Gasteiger partial charge in [-0.15, -0.1) is 12.4 Å². The quantitative estimate of drug-likeness (QED) is 0.871. The third kappa shape index (κ3) is 2.35. The van der Waals surface area contributed by atoms with Crippen LogP contribution in [0.2, 0.25) is 0 Å². The molecule has 1 fully saturated rings. The van der Waals surface area contributed by atoms with Crippen molar-refractivity contribution >= 4 is 12.4 Å². The van der Waals surface area contributed by atoms with Gasteiger partial charge < -0.3 is 10.8 Å². The zero-order valence-electron chi connectivity index (χ0n) is 9.91. The normalized spacial score (nSPS) is 21.2. The van der Waals surface area contributed by atoms with Crippen molar-refractivity contribution in [1.29, 1.82) is 0 Å². The lowest BCUT2D eigenvalue weighted by Crippen LogP contribution is -2.00. The summed E-state index contributed by atoms with van der Waals surface area (Å²) in [6.07, 6.45) is 1.09. The van der Waals surface area contributed by atoms with Crippen molar-refractivity contribution in [3.8, 4) is 16.9 Å². The summed E-state index contributed by atoms with van der Waals surface area (Å²) in [4.78, 5) is 0. The molecule has 0 amide bonds. The number of aromatic hydroxyl groups is 1. The molecule has 0 heterocycles. The summed E-state index contributed by atoms with van der Waals surface area (Å²) < 4.78 is 0. The van der Waals surface area contributed by atoms with Crippen molar-refractivity contribution in [2.75, 3.05) is 0 Å². The molecule has 1 aliphatic carbocycles. The van der Waals surface area contributed by atoms with Gasteiger partial charge in [-0.1, -0.05) is 42.5 Å². The van der Waals surface area contributed by atoms with Crippen LogP contribution < -0.4 is 5.73 Å². The van der Waals surface area contributed by atoms with Gasteiger partial charge in [-0.3, -0.25) is 0 Å². The fourth-order valence-corrected chi connectivity index (χ4v) is 2.23. The molecule has 3 rings (SSSR count). The zero-order valence-corrected chi connectivity index (χ0v) is 10.7. The maximum atomic E-state index is 9.78. The van der Waals surface area contributed by atoms with Gasteiger partial charge in [-0.2, -0.15) is 0 Å². The molecule has 0 saturated heterocycles. The van der Waals surface area contributed by atoms with Gasteiger partial charge in [-0.25, -0.2) is 0 Å². The van der Waals surface area contributed by atoms with E-state index in [0.717, 1.165) is 17.5 Å². The molecule has 0 radical (unpaired) electrons. The van der Waals surface area contributed by atoms with Crippen LogP contribution in [0.4, 0.5) is 0 Å². The van der Waals surface area contributed by atoms with Gasteiger partial charge in [0.1, 0.15) is 5.75 Å². The van der Waals surface area contributed by atoms with Crippen LogP contribution in [-0.4, -0.2) is 11.1 Å². The third-order valence-electron chi connectivity index (χ3n) is 3.39. The van der Waals surface area contributed by atoms with Crippen LogP contribution in [0.3, 0.4) is 0 Å². The van der Waals surface area contributed by atoms with E-state index in [4.69, 9.17) is 5.73 Å². The Hall–Kier alpha value is -1.51. The number of hydrogen-bond donors (Lipinski definition) is 2. The highest BCUT2D eigenvalue weighted by Gasteiger charge is 2.34. The summed E-state index contributed by atoms with van der Waals surface area (Å²) in [6, 6.07) is 16.1. The summed E-state index contributed by atoms with van der Waals surface area (Å²) in [5.41, 5.74) is 9.05. The molecule has 1 aliphatic rings. The van der Waals surface area contributed by atoms with Crippen molar-refractivity contribution in [2.45, 2.75) is 18.4 Å². The topological polar surface area (TPSA) is 46.2 Å². The van der Waals surface area contributed by atoms with Crippen molar-refractivity contribution in [2.24, 2.45) is 5.73 Å². The Morgan fingerprint density at radius 1 is 1.00 bits per heavy atom. The third-order valence-corrected chi connectivity index (χ3v) is 3.39. The molecule has 3 heteroatoms. The van der Waals surface area contributed by atoms with E-state index < -0.39 is 0 Å². The molecule has 0 aromatic heterocycles. The van der Waals surface area contributed by atoms with Crippen LogP contribution in [-0.2, 0) is 0 Å². The molecule has 0 bridgehead atoms. The molecule has 2 aromatic carbocycles. The number of phenols is 1. The Kier molecular flexibility index (Phi) is 3.60. The van der Waals surface area contributed by atoms with Crippen LogP contribution in [0.5, 0.6) is 5.75 Å². The van der Waals surface area contributed by atoms with Crippen LogP contribution in [0.25, 0.3) is 11.1 Å². The van der Waals surface area contributed by atoms with Gasteiger partial charge in [-0.05, 0) is 23.6 Å². The summed E-state index contributed by atoms with van der Waals surface area (Å²) in [6.45, 7) is 0. The minimum atomic E-state index is 0. The van der Waals surface area contributed by atoms with Crippen LogP contribution in [0.1, 0.15) is 17.9 Å². The predicted octanol–water partition coefficient (Wildman–Crippen LogP) is 3.30. The van der Waals surface area contributed by atoms with Crippen molar-refractivity contribution in [3.05, 3.63) is 54.1 Å². The second-order valence-corrected chi connectivity index (χ2v) is 4.65. The highest BCUT2D eigenvalue weighted by molar-refractivity contribution is 5.85. The number of phenolic OH excluding ortho intramolecular Hbond substituents is 1. The molecular formula is C15H16ClNO. The maximum absolute atomic E-state index is 9.78. The molecule has 0 spiro atoms. The van der Waals surface area contributed by atoms with E-state index in [1.165, 1.54) is 5.56 Å². The average molecular weight is 262 g/mol. The molecular weight excluding hydrogens is 246 g/mol. The number of hydrogen-bond acceptors (Lipinski definition) is 2. The molecule has 94 valence electrons. The van der Waals surface area contributed by atoms with E-state index in [0.29, 0.717) is 17.7 Å². The van der Waals surface area contributed by atoms with Crippen LogP contribution in [0.15, 0.2) is 48.5 Å². The Morgan fingerprint density at radius 3 is 2.17 bits per heavy atom. The molecule has 3 N–H and O–H groups in total. The number of halogens is 1. The zero-order chi connectivity index (χ0) is 11.8. The van der Waals surface area contributed by atoms with Crippen LogP contribution in [0, 0.1) is 0 Å². The Bertz CT molecular complexity index is 538. The molecule has 1 saturated carbocycles. The largest absolute Gasteiger partial charge is 0.507 e. The van der Waals surface area contributed by atoms with E-state index in [-0.39, 0.29) is 12.4 Å². The first-order valence-corrected chi connectivity index (χ1v) is 5.89. The molecule has 2 unspecified atom stereocenters. The highest BCUT2D eigenvalue weighted by Crippen LogP contribution is 2.39. The average Bonchev–Trinajstić information content (AvgIpc) is 3.07. The van der Waals surface area contributed by atoms with E-state index in [9.17, 15) is 5.11 Å². The fraction of sp³-hybridized carbons (Fsp3) is 0.200. The lowest BCUT2D eigenvalue weighted by Gasteiger charge is -2.05. The van der Waals surface area contributed by atoms with Gasteiger partial charge in [0.25, 0.3) is 0 Å². The number of benzene rings is 2. The summed E-state index contributed by atoms with van der Waals surface area (Å²) in [5, 5.41) is 9.78. The summed E-state index contributed by atoms with van der Waals surface area (Å²) in [7, 11) is 0. The van der Waals surface area contributed by atoms with Gasteiger partial charge >= 0.3 is 0 Å². The predicted molar refractivity (Wildman–Crippen MR) is 76.1 cm³/mol. The lowest BCUT2D eigenvalue weighted by atomic mass is 10.0. The maximum Gasteiger partial charge on any atom is 0.123 e. The first-order chi connectivity index (χ1) is 8.25. The molecule has 18 heavy (non-hydrogen) atoms. The van der Waals surface area contributed by atoms with Gasteiger partial charge in [0.2, 0.25) is 0 Å². The SMILES string of the molecule is Cl.NC1CC1c1ccc(-c2ccccc2O)cc1. The minimum absolute atomic E-state index is 0. The number of nitrogens with two attached hydrogens (primary N) is 1. The van der Waals surface area contributed by atoms with Gasteiger partial charge in [0.15, 0.2) is 0 Å². The van der Waals surface area contributed by atoms with E-state index >= 15 is 0 Å². The molecule has 2 aromatic rings. The lowest BCUT2D eigenvalue weighted by molar-refractivity contribution is 0.477. The van der Waals surface area contributed by atoms with E-state index in [2.05, 4.69) is 24.3 Å². The first kappa shape index (κ1) is 12.9. The van der Waals surface area contributed by atoms with E-state index in [1.54, 1.807) is 6.07 Å². The Labute approximate surface area is 113 Å². The van der Waals surface area contributed by atoms with Crippen molar-refractivity contribution in [3.63, 3.8) is 0 Å². The minimum Gasteiger partial charge on any atom is -0.507 e. The van der Waals surface area contributed by atoms with E-state index in [1.807, 2.05) is 18.2 Å².